The van der Waals surface area contributed by atoms with Gasteiger partial charge in [0.05, 0.1) is 13.2 Å². The molecule has 1 amide bonds. The molecule has 0 radical (unpaired) electrons. The zero-order valence-corrected chi connectivity index (χ0v) is 15.2. The number of amides is 1. The normalized spacial score (nSPS) is 18.3. The van der Waals surface area contributed by atoms with Crippen LogP contribution in [0.5, 0.6) is 0 Å². The molecule has 27 heavy (non-hydrogen) atoms. The van der Waals surface area contributed by atoms with E-state index in [0.717, 1.165) is 30.8 Å². The SMILES string of the molecule is CN1CCOCC(CNC(=O)c2cccc(-c3cnc4ncnn4c3)c2)C1. The Balaban J connectivity index is 1.45. The Labute approximate surface area is 157 Å². The zero-order chi connectivity index (χ0) is 18.6. The van der Waals surface area contributed by atoms with Gasteiger partial charge in [0.1, 0.15) is 6.33 Å². The van der Waals surface area contributed by atoms with Gasteiger partial charge in [0.25, 0.3) is 11.7 Å². The number of carbonyl (C=O) groups is 1. The molecule has 0 bridgehead atoms. The molecule has 1 N–H and O–H groups in total. The molecule has 2 aromatic heterocycles. The summed E-state index contributed by atoms with van der Waals surface area (Å²) in [6.45, 7) is 3.86. The molecule has 0 spiro atoms. The summed E-state index contributed by atoms with van der Waals surface area (Å²) in [5.41, 5.74) is 2.40. The number of ether oxygens (including phenoxy) is 1. The van der Waals surface area contributed by atoms with E-state index in [1.807, 2.05) is 30.5 Å². The van der Waals surface area contributed by atoms with Crippen molar-refractivity contribution < 1.29 is 9.53 Å². The predicted octanol–water partition coefficient (Wildman–Crippen LogP) is 1.10. The summed E-state index contributed by atoms with van der Waals surface area (Å²) < 4.78 is 7.22. The van der Waals surface area contributed by atoms with Crippen molar-refractivity contribution in [2.24, 2.45) is 5.92 Å². The van der Waals surface area contributed by atoms with Gasteiger partial charge in [-0.25, -0.2) is 9.50 Å². The summed E-state index contributed by atoms with van der Waals surface area (Å²) in [6.07, 6.45) is 5.05. The van der Waals surface area contributed by atoms with Gasteiger partial charge < -0.3 is 15.0 Å². The molecule has 1 aromatic carbocycles. The third kappa shape index (κ3) is 4.12. The van der Waals surface area contributed by atoms with Crippen molar-refractivity contribution in [3.05, 3.63) is 48.5 Å². The number of fused-ring (bicyclic) bond motifs is 1. The van der Waals surface area contributed by atoms with E-state index < -0.39 is 0 Å². The van der Waals surface area contributed by atoms with Crippen LogP contribution in [0.1, 0.15) is 10.4 Å². The van der Waals surface area contributed by atoms with Crippen LogP contribution in [0.4, 0.5) is 0 Å². The van der Waals surface area contributed by atoms with Crippen molar-refractivity contribution in [1.82, 2.24) is 29.8 Å². The summed E-state index contributed by atoms with van der Waals surface area (Å²) in [7, 11) is 2.08. The molecule has 1 fully saturated rings. The molecule has 3 aromatic rings. The average molecular weight is 366 g/mol. The minimum absolute atomic E-state index is 0.0847. The van der Waals surface area contributed by atoms with E-state index in [2.05, 4.69) is 32.3 Å². The van der Waals surface area contributed by atoms with E-state index in [-0.39, 0.29) is 5.91 Å². The second kappa shape index (κ2) is 7.81. The highest BCUT2D eigenvalue weighted by atomic mass is 16.5. The number of aromatic nitrogens is 4. The Morgan fingerprint density at radius 3 is 3.19 bits per heavy atom. The fraction of sp³-hybridized carbons (Fsp3) is 0.368. The number of rotatable bonds is 4. The summed E-state index contributed by atoms with van der Waals surface area (Å²) in [5, 5.41) is 7.14. The van der Waals surface area contributed by atoms with E-state index >= 15 is 0 Å². The summed E-state index contributed by atoms with van der Waals surface area (Å²) in [5.74, 6) is 0.755. The maximum atomic E-state index is 12.6. The number of likely N-dealkylation sites (N-methyl/N-ethyl adjacent to an activating group) is 1. The van der Waals surface area contributed by atoms with E-state index in [0.29, 0.717) is 30.4 Å². The summed E-state index contributed by atoms with van der Waals surface area (Å²) in [4.78, 5) is 23.2. The second-order valence-electron chi connectivity index (χ2n) is 6.84. The smallest absolute Gasteiger partial charge is 0.252 e. The van der Waals surface area contributed by atoms with Crippen molar-refractivity contribution >= 4 is 11.7 Å². The Bertz CT molecular complexity index is 941. The van der Waals surface area contributed by atoms with Crippen LogP contribution in [-0.4, -0.2) is 70.3 Å². The Morgan fingerprint density at radius 2 is 2.26 bits per heavy atom. The van der Waals surface area contributed by atoms with Gasteiger partial charge in [-0.1, -0.05) is 12.1 Å². The molecule has 1 aliphatic heterocycles. The van der Waals surface area contributed by atoms with Crippen LogP contribution < -0.4 is 5.32 Å². The number of hydrogen-bond donors (Lipinski definition) is 1. The molecule has 8 nitrogen and oxygen atoms in total. The highest BCUT2D eigenvalue weighted by Crippen LogP contribution is 2.19. The maximum Gasteiger partial charge on any atom is 0.252 e. The molecule has 0 saturated carbocycles. The standard InChI is InChI=1S/C19H22N6O2/c1-24-5-6-27-12-14(10-24)8-20-18(26)16-4-2-3-15(7-16)17-9-21-19-22-13-23-25(19)11-17/h2-4,7,9,11,13-14H,5-6,8,10,12H2,1H3,(H,20,26). The first-order chi connectivity index (χ1) is 13.2. The van der Waals surface area contributed by atoms with Crippen molar-refractivity contribution in [2.75, 3.05) is 39.9 Å². The molecule has 4 rings (SSSR count). The van der Waals surface area contributed by atoms with Gasteiger partial charge in [-0.3, -0.25) is 4.79 Å². The van der Waals surface area contributed by atoms with Gasteiger partial charge in [0.15, 0.2) is 0 Å². The third-order valence-electron chi connectivity index (χ3n) is 4.68. The van der Waals surface area contributed by atoms with Crippen molar-refractivity contribution in [1.29, 1.82) is 0 Å². The molecule has 0 aliphatic carbocycles. The lowest BCUT2D eigenvalue weighted by Crippen LogP contribution is -2.35. The van der Waals surface area contributed by atoms with Crippen LogP contribution in [0, 0.1) is 5.92 Å². The molecule has 1 atom stereocenters. The highest BCUT2D eigenvalue weighted by Gasteiger charge is 2.17. The highest BCUT2D eigenvalue weighted by molar-refractivity contribution is 5.95. The van der Waals surface area contributed by atoms with Gasteiger partial charge in [-0.15, -0.1) is 0 Å². The average Bonchev–Trinajstić information content (AvgIpc) is 3.06. The van der Waals surface area contributed by atoms with Crippen molar-refractivity contribution in [2.45, 2.75) is 0 Å². The second-order valence-corrected chi connectivity index (χ2v) is 6.84. The van der Waals surface area contributed by atoms with Crippen LogP contribution in [0.3, 0.4) is 0 Å². The van der Waals surface area contributed by atoms with Gasteiger partial charge in [0.2, 0.25) is 0 Å². The number of benzene rings is 1. The van der Waals surface area contributed by atoms with Crippen molar-refractivity contribution in [3.63, 3.8) is 0 Å². The number of nitrogens with zero attached hydrogens (tertiary/aromatic N) is 5. The molecular weight excluding hydrogens is 344 g/mol. The van der Waals surface area contributed by atoms with Crippen LogP contribution >= 0.6 is 0 Å². The van der Waals surface area contributed by atoms with Crippen LogP contribution in [0.15, 0.2) is 43.0 Å². The first-order valence-electron chi connectivity index (χ1n) is 8.99. The summed E-state index contributed by atoms with van der Waals surface area (Å²) in [6, 6.07) is 7.50. The quantitative estimate of drug-likeness (QED) is 0.744. The van der Waals surface area contributed by atoms with Gasteiger partial charge in [-0.05, 0) is 24.7 Å². The Hall–Kier alpha value is -2.84. The van der Waals surface area contributed by atoms with E-state index in [9.17, 15) is 4.79 Å². The lowest BCUT2D eigenvalue weighted by atomic mass is 10.1. The lowest BCUT2D eigenvalue weighted by molar-refractivity contribution is 0.0921. The predicted molar refractivity (Wildman–Crippen MR) is 100 cm³/mol. The number of hydrogen-bond acceptors (Lipinski definition) is 6. The van der Waals surface area contributed by atoms with Gasteiger partial charge >= 0.3 is 0 Å². The molecule has 1 aliphatic rings. The fourth-order valence-corrected chi connectivity index (χ4v) is 3.23. The van der Waals surface area contributed by atoms with Crippen LogP contribution in [0.2, 0.25) is 0 Å². The largest absolute Gasteiger partial charge is 0.380 e. The molecule has 1 unspecified atom stereocenters. The number of nitrogens with one attached hydrogen (secondary N) is 1. The molecular formula is C19H22N6O2. The molecule has 1 saturated heterocycles. The third-order valence-corrected chi connectivity index (χ3v) is 4.68. The minimum Gasteiger partial charge on any atom is -0.380 e. The van der Waals surface area contributed by atoms with E-state index in [1.54, 1.807) is 10.7 Å². The van der Waals surface area contributed by atoms with E-state index in [1.165, 1.54) is 6.33 Å². The monoisotopic (exact) mass is 366 g/mol. The van der Waals surface area contributed by atoms with Crippen LogP contribution in [0.25, 0.3) is 16.9 Å². The first-order valence-corrected chi connectivity index (χ1v) is 8.99. The fourth-order valence-electron chi connectivity index (χ4n) is 3.23. The van der Waals surface area contributed by atoms with Gasteiger partial charge in [-0.2, -0.15) is 10.1 Å². The molecule has 3 heterocycles. The topological polar surface area (TPSA) is 84.6 Å². The Morgan fingerprint density at radius 1 is 1.33 bits per heavy atom. The lowest BCUT2D eigenvalue weighted by Gasteiger charge is -2.19. The van der Waals surface area contributed by atoms with Crippen LogP contribution in [-0.2, 0) is 4.74 Å². The van der Waals surface area contributed by atoms with E-state index in [4.69, 9.17) is 4.74 Å². The summed E-state index contributed by atoms with van der Waals surface area (Å²) >= 11 is 0. The first kappa shape index (κ1) is 17.6. The molecule has 140 valence electrons. The van der Waals surface area contributed by atoms with Crippen molar-refractivity contribution in [3.8, 4) is 11.1 Å². The van der Waals surface area contributed by atoms with Gasteiger partial charge in [0, 0.05) is 49.1 Å². The molecule has 8 heteroatoms. The number of carbonyl (C=O) groups excluding carboxylic acids is 1. The maximum absolute atomic E-state index is 12.6. The minimum atomic E-state index is -0.0847. The zero-order valence-electron chi connectivity index (χ0n) is 15.2. The Kier molecular flexibility index (Phi) is 5.08.